The fourth-order valence-corrected chi connectivity index (χ4v) is 4.79. The van der Waals surface area contributed by atoms with Crippen LogP contribution in [0.4, 0.5) is 0 Å². The van der Waals surface area contributed by atoms with E-state index in [-0.39, 0.29) is 5.91 Å². The summed E-state index contributed by atoms with van der Waals surface area (Å²) in [6, 6.07) is 15.7. The molecule has 136 valence electrons. The zero-order valence-corrected chi connectivity index (χ0v) is 15.3. The molecule has 2 bridgehead atoms. The van der Waals surface area contributed by atoms with E-state index in [2.05, 4.69) is 50.9 Å². The Hall–Kier alpha value is -2.07. The molecule has 1 aromatic heterocycles. The molecular formula is C22H27N3O. The van der Waals surface area contributed by atoms with Gasteiger partial charge < -0.3 is 9.47 Å². The van der Waals surface area contributed by atoms with Crippen molar-refractivity contribution < 1.29 is 4.79 Å². The second-order valence-corrected chi connectivity index (χ2v) is 8.27. The van der Waals surface area contributed by atoms with E-state index in [1.807, 2.05) is 12.1 Å². The van der Waals surface area contributed by atoms with E-state index in [1.165, 1.54) is 24.8 Å². The first kappa shape index (κ1) is 16.1. The van der Waals surface area contributed by atoms with Crippen molar-refractivity contribution in [2.75, 3.05) is 19.6 Å². The molecule has 0 radical (unpaired) electrons. The summed E-state index contributed by atoms with van der Waals surface area (Å²) >= 11 is 0. The van der Waals surface area contributed by atoms with Crippen LogP contribution in [0.2, 0.25) is 0 Å². The molecule has 0 unspecified atom stereocenters. The summed E-state index contributed by atoms with van der Waals surface area (Å²) in [5, 5.41) is 0. The molecular weight excluding hydrogens is 322 g/mol. The van der Waals surface area contributed by atoms with Crippen LogP contribution >= 0.6 is 0 Å². The molecule has 26 heavy (non-hydrogen) atoms. The summed E-state index contributed by atoms with van der Waals surface area (Å²) in [7, 11) is 0. The van der Waals surface area contributed by atoms with Crippen LogP contribution in [0, 0.1) is 5.92 Å². The number of rotatable bonds is 4. The van der Waals surface area contributed by atoms with Crippen LogP contribution in [-0.4, -0.2) is 46.0 Å². The van der Waals surface area contributed by atoms with Gasteiger partial charge in [-0.05, 0) is 49.3 Å². The van der Waals surface area contributed by atoms with Crippen molar-refractivity contribution in [2.45, 2.75) is 44.3 Å². The average Bonchev–Trinajstić information content (AvgIpc) is 3.45. The third-order valence-electron chi connectivity index (χ3n) is 6.24. The second kappa shape index (κ2) is 6.58. The number of hydrogen-bond acceptors (Lipinski definition) is 2. The molecule has 2 aromatic rings. The number of carbonyl (C=O) groups is 1. The van der Waals surface area contributed by atoms with Gasteiger partial charge in [-0.25, -0.2) is 0 Å². The number of benzene rings is 1. The Balaban J connectivity index is 1.34. The quantitative estimate of drug-likeness (QED) is 0.844. The van der Waals surface area contributed by atoms with Gasteiger partial charge in [0.15, 0.2) is 0 Å². The van der Waals surface area contributed by atoms with E-state index in [9.17, 15) is 4.79 Å². The molecule has 4 aliphatic rings. The summed E-state index contributed by atoms with van der Waals surface area (Å²) in [5.74, 6) is 0.851. The molecule has 0 spiro atoms. The molecule has 4 heteroatoms. The zero-order chi connectivity index (χ0) is 17.5. The van der Waals surface area contributed by atoms with Crippen LogP contribution in [0.1, 0.15) is 47.8 Å². The van der Waals surface area contributed by atoms with Gasteiger partial charge in [0, 0.05) is 44.5 Å². The van der Waals surface area contributed by atoms with Crippen LogP contribution in [0.3, 0.4) is 0 Å². The molecule has 3 aliphatic heterocycles. The lowest BCUT2D eigenvalue weighted by Gasteiger charge is -2.36. The standard InChI is InChI=1S/C22H27N3O/c26-22(21-7-4-12-24(21)19-10-11-19)25-15-18-8-9-20(25)16-23(14-18)13-17-5-2-1-3-6-17/h1-7,12,18-20H,8-11,13-16H2/t18-,20+/m0/s1. The monoisotopic (exact) mass is 349 g/mol. The number of fused-ring (bicyclic) bond motifs is 4. The molecule has 1 aliphatic carbocycles. The first-order chi connectivity index (χ1) is 12.8. The molecule has 3 saturated heterocycles. The van der Waals surface area contributed by atoms with Crippen LogP contribution < -0.4 is 0 Å². The van der Waals surface area contributed by atoms with Crippen molar-refractivity contribution in [3.8, 4) is 0 Å². The largest absolute Gasteiger partial charge is 0.340 e. The van der Waals surface area contributed by atoms with Gasteiger partial charge in [0.2, 0.25) is 0 Å². The van der Waals surface area contributed by atoms with Crippen molar-refractivity contribution in [2.24, 2.45) is 5.92 Å². The zero-order valence-electron chi connectivity index (χ0n) is 15.3. The maximum absolute atomic E-state index is 13.3. The van der Waals surface area contributed by atoms with Crippen LogP contribution in [0.5, 0.6) is 0 Å². The molecule has 6 rings (SSSR count). The molecule has 4 nitrogen and oxygen atoms in total. The summed E-state index contributed by atoms with van der Waals surface area (Å²) in [6.45, 7) is 4.03. The molecule has 0 N–H and O–H groups in total. The van der Waals surface area contributed by atoms with E-state index in [4.69, 9.17) is 0 Å². The SMILES string of the molecule is O=C(c1cccn1C1CC1)N1C[C@H]2CC[C@@H]1CN(Cc1ccccc1)C2. The van der Waals surface area contributed by atoms with Crippen LogP contribution in [0.25, 0.3) is 0 Å². The number of amides is 1. The lowest BCUT2D eigenvalue weighted by atomic mass is 9.94. The lowest BCUT2D eigenvalue weighted by molar-refractivity contribution is 0.0573. The summed E-state index contributed by atoms with van der Waals surface area (Å²) < 4.78 is 2.21. The molecule has 1 aromatic carbocycles. The van der Waals surface area contributed by atoms with E-state index in [1.54, 1.807) is 0 Å². The second-order valence-electron chi connectivity index (χ2n) is 8.27. The van der Waals surface area contributed by atoms with Gasteiger partial charge in [0.05, 0.1) is 0 Å². The Morgan fingerprint density at radius 3 is 2.50 bits per heavy atom. The minimum absolute atomic E-state index is 0.248. The minimum atomic E-state index is 0.248. The maximum Gasteiger partial charge on any atom is 0.270 e. The molecule has 4 heterocycles. The van der Waals surface area contributed by atoms with E-state index < -0.39 is 0 Å². The Kier molecular flexibility index (Phi) is 4.08. The molecule has 2 atom stereocenters. The minimum Gasteiger partial charge on any atom is -0.340 e. The predicted molar refractivity (Wildman–Crippen MR) is 102 cm³/mol. The third kappa shape index (κ3) is 3.07. The average molecular weight is 349 g/mol. The van der Waals surface area contributed by atoms with E-state index in [0.717, 1.165) is 38.3 Å². The summed E-state index contributed by atoms with van der Waals surface area (Å²) in [6.07, 6.45) is 6.91. The Morgan fingerprint density at radius 1 is 0.885 bits per heavy atom. The first-order valence-electron chi connectivity index (χ1n) is 10.0. The van der Waals surface area contributed by atoms with Gasteiger partial charge in [-0.15, -0.1) is 0 Å². The van der Waals surface area contributed by atoms with Crippen molar-refractivity contribution in [1.82, 2.24) is 14.4 Å². The van der Waals surface area contributed by atoms with Gasteiger partial charge in [0.25, 0.3) is 5.91 Å². The number of nitrogens with zero attached hydrogens (tertiary/aromatic N) is 3. The van der Waals surface area contributed by atoms with E-state index in [0.29, 0.717) is 18.0 Å². The summed E-state index contributed by atoms with van der Waals surface area (Å²) in [5.41, 5.74) is 2.27. The highest BCUT2D eigenvalue weighted by atomic mass is 16.2. The molecule has 4 fully saturated rings. The van der Waals surface area contributed by atoms with Gasteiger partial charge in [-0.2, -0.15) is 0 Å². The van der Waals surface area contributed by atoms with Crippen molar-refractivity contribution in [3.63, 3.8) is 0 Å². The third-order valence-corrected chi connectivity index (χ3v) is 6.24. The van der Waals surface area contributed by atoms with Gasteiger partial charge in [-0.1, -0.05) is 30.3 Å². The first-order valence-corrected chi connectivity index (χ1v) is 10.0. The Labute approximate surface area is 155 Å². The predicted octanol–water partition coefficient (Wildman–Crippen LogP) is 3.56. The smallest absolute Gasteiger partial charge is 0.270 e. The maximum atomic E-state index is 13.3. The summed E-state index contributed by atoms with van der Waals surface area (Å²) in [4.78, 5) is 18.1. The van der Waals surface area contributed by atoms with Gasteiger partial charge >= 0.3 is 0 Å². The molecule has 1 amide bonds. The highest BCUT2D eigenvalue weighted by Gasteiger charge is 2.38. The van der Waals surface area contributed by atoms with Crippen LogP contribution in [0.15, 0.2) is 48.7 Å². The highest BCUT2D eigenvalue weighted by Crippen LogP contribution is 2.37. The van der Waals surface area contributed by atoms with Crippen molar-refractivity contribution in [1.29, 1.82) is 0 Å². The normalized spacial score (nSPS) is 26.1. The number of piperidine rings is 1. The van der Waals surface area contributed by atoms with Crippen molar-refractivity contribution >= 4 is 5.91 Å². The van der Waals surface area contributed by atoms with Gasteiger partial charge in [0.1, 0.15) is 5.69 Å². The Bertz CT molecular complexity index is 780. The fourth-order valence-electron chi connectivity index (χ4n) is 4.79. The highest BCUT2D eigenvalue weighted by molar-refractivity contribution is 5.93. The number of hydrogen-bond donors (Lipinski definition) is 0. The number of carbonyl (C=O) groups excluding carboxylic acids is 1. The van der Waals surface area contributed by atoms with Crippen molar-refractivity contribution in [3.05, 3.63) is 59.9 Å². The van der Waals surface area contributed by atoms with Gasteiger partial charge in [-0.3, -0.25) is 9.69 Å². The Morgan fingerprint density at radius 2 is 1.69 bits per heavy atom. The fraction of sp³-hybridized carbons (Fsp3) is 0.500. The van der Waals surface area contributed by atoms with Crippen LogP contribution in [-0.2, 0) is 6.54 Å². The lowest BCUT2D eigenvalue weighted by Crippen LogP contribution is -2.47. The molecule has 1 saturated carbocycles. The number of aromatic nitrogens is 1. The van der Waals surface area contributed by atoms with E-state index >= 15 is 0 Å². The topological polar surface area (TPSA) is 28.5 Å².